The molecular weight excluding hydrogens is 274 g/mol. The topological polar surface area (TPSA) is 27.1 Å². The molecule has 0 fully saturated rings. The fourth-order valence-electron chi connectivity index (χ4n) is 2.06. The van der Waals surface area contributed by atoms with Gasteiger partial charge in [-0.3, -0.25) is 0 Å². The van der Waals surface area contributed by atoms with Gasteiger partial charge < -0.3 is 9.30 Å². The average Bonchev–Trinajstić information content (AvgIpc) is 2.78. The van der Waals surface area contributed by atoms with E-state index < -0.39 is 11.6 Å². The van der Waals surface area contributed by atoms with E-state index in [1.807, 2.05) is 0 Å². The smallest absolute Gasteiger partial charge is 0.184 e. The lowest BCUT2D eigenvalue weighted by molar-refractivity contribution is 0.191. The summed E-state index contributed by atoms with van der Waals surface area (Å²) in [5.74, 6) is -1.02. The molecule has 3 nitrogen and oxygen atoms in total. The van der Waals surface area contributed by atoms with Crippen LogP contribution in [0.3, 0.4) is 0 Å². The van der Waals surface area contributed by atoms with E-state index in [4.69, 9.17) is 16.3 Å². The van der Waals surface area contributed by atoms with Crippen LogP contribution in [0, 0.1) is 11.6 Å². The maximum absolute atomic E-state index is 13.9. The number of aryl methyl sites for hydroxylation is 1. The Hall–Kier alpha value is -1.20. The van der Waals surface area contributed by atoms with Crippen LogP contribution < -0.4 is 0 Å². The molecule has 0 amide bonds. The number of rotatable bonds is 6. The number of unbranched alkanes of at least 4 members (excludes halogenated alkanes) is 1. The molecule has 0 atom stereocenters. The number of hydrogen-bond donors (Lipinski definition) is 0. The predicted molar refractivity (Wildman–Crippen MR) is 70.3 cm³/mol. The zero-order valence-electron chi connectivity index (χ0n) is 10.6. The Bertz CT molecular complexity index is 571. The van der Waals surface area contributed by atoms with Crippen molar-refractivity contribution in [1.29, 1.82) is 0 Å². The second kappa shape index (κ2) is 6.30. The Kier molecular flexibility index (Phi) is 4.71. The highest BCUT2D eigenvalue weighted by Crippen LogP contribution is 2.23. The molecule has 1 heterocycles. The molecule has 0 aliphatic heterocycles. The van der Waals surface area contributed by atoms with E-state index in [9.17, 15) is 8.78 Å². The van der Waals surface area contributed by atoms with Gasteiger partial charge in [0, 0.05) is 20.3 Å². The van der Waals surface area contributed by atoms with Crippen molar-refractivity contribution in [2.45, 2.75) is 25.3 Å². The first-order chi connectivity index (χ1) is 9.19. The molecule has 0 aliphatic carbocycles. The van der Waals surface area contributed by atoms with Crippen LogP contribution >= 0.6 is 11.6 Å². The molecule has 0 saturated heterocycles. The largest absolute Gasteiger partial charge is 0.385 e. The highest BCUT2D eigenvalue weighted by molar-refractivity contribution is 6.16. The van der Waals surface area contributed by atoms with Crippen LogP contribution in [0.25, 0.3) is 11.0 Å². The van der Waals surface area contributed by atoms with E-state index in [0.717, 1.165) is 18.9 Å². The molecule has 0 radical (unpaired) electrons. The van der Waals surface area contributed by atoms with Gasteiger partial charge in [-0.25, -0.2) is 13.8 Å². The van der Waals surface area contributed by atoms with Crippen molar-refractivity contribution in [3.8, 4) is 0 Å². The first-order valence-corrected chi connectivity index (χ1v) is 6.60. The van der Waals surface area contributed by atoms with Crippen molar-refractivity contribution in [3.63, 3.8) is 0 Å². The zero-order chi connectivity index (χ0) is 13.8. The van der Waals surface area contributed by atoms with E-state index >= 15 is 0 Å². The molecule has 104 valence electrons. The van der Waals surface area contributed by atoms with Gasteiger partial charge in [0.2, 0.25) is 0 Å². The van der Waals surface area contributed by atoms with Crippen molar-refractivity contribution in [2.24, 2.45) is 0 Å². The maximum atomic E-state index is 13.9. The van der Waals surface area contributed by atoms with Gasteiger partial charge in [-0.2, -0.15) is 0 Å². The number of methoxy groups -OCH3 is 1. The minimum atomic E-state index is -0.869. The van der Waals surface area contributed by atoms with Crippen LogP contribution in [0.4, 0.5) is 8.78 Å². The van der Waals surface area contributed by atoms with Gasteiger partial charge in [-0.05, 0) is 25.0 Å². The molecular formula is C13H15ClF2N2O. The van der Waals surface area contributed by atoms with Crippen molar-refractivity contribution in [3.05, 3.63) is 29.6 Å². The summed E-state index contributed by atoms with van der Waals surface area (Å²) in [6.45, 7) is 1.18. The third-order valence-electron chi connectivity index (χ3n) is 2.98. The number of benzene rings is 1. The molecule has 0 N–H and O–H groups in total. The Labute approximate surface area is 115 Å². The third kappa shape index (κ3) is 2.87. The molecule has 0 bridgehead atoms. The lowest BCUT2D eigenvalue weighted by Gasteiger charge is -2.08. The number of nitrogens with zero attached hydrogens (tertiary/aromatic N) is 2. The minimum Gasteiger partial charge on any atom is -0.385 e. The summed E-state index contributed by atoms with van der Waals surface area (Å²) in [5.41, 5.74) is 0.620. The predicted octanol–water partition coefficient (Wildman–Crippen LogP) is 3.48. The summed E-state index contributed by atoms with van der Waals surface area (Å²) < 4.78 is 33.8. The number of halogens is 3. The summed E-state index contributed by atoms with van der Waals surface area (Å²) in [7, 11) is 1.63. The monoisotopic (exact) mass is 288 g/mol. The minimum absolute atomic E-state index is 0.167. The summed E-state index contributed by atoms with van der Waals surface area (Å²) in [6, 6.07) is 2.55. The average molecular weight is 289 g/mol. The lowest BCUT2D eigenvalue weighted by Crippen LogP contribution is -2.05. The van der Waals surface area contributed by atoms with E-state index in [2.05, 4.69) is 4.98 Å². The summed E-state index contributed by atoms with van der Waals surface area (Å²) in [5, 5.41) is 0. The summed E-state index contributed by atoms with van der Waals surface area (Å²) in [4.78, 5) is 4.23. The fraction of sp³-hybridized carbons (Fsp3) is 0.462. The Morgan fingerprint density at radius 2 is 2.11 bits per heavy atom. The molecule has 0 spiro atoms. The number of fused-ring (bicyclic) bond motifs is 1. The van der Waals surface area contributed by atoms with Gasteiger partial charge in [-0.15, -0.1) is 11.6 Å². The second-order valence-electron chi connectivity index (χ2n) is 4.24. The van der Waals surface area contributed by atoms with Crippen LogP contribution in [-0.2, 0) is 17.2 Å². The molecule has 19 heavy (non-hydrogen) atoms. The van der Waals surface area contributed by atoms with Crippen LogP contribution in [0.1, 0.15) is 18.7 Å². The zero-order valence-corrected chi connectivity index (χ0v) is 11.4. The van der Waals surface area contributed by atoms with Gasteiger partial charge in [-0.1, -0.05) is 0 Å². The molecule has 0 aliphatic rings. The maximum Gasteiger partial charge on any atom is 0.184 e. The molecule has 1 aromatic heterocycles. The SMILES string of the molecule is COCCCCn1c(CCl)nc2ccc(F)c(F)c21. The quantitative estimate of drug-likeness (QED) is 0.601. The fourth-order valence-corrected chi connectivity index (χ4v) is 2.27. The van der Waals surface area contributed by atoms with Crippen molar-refractivity contribution in [2.75, 3.05) is 13.7 Å². The molecule has 2 aromatic rings. The van der Waals surface area contributed by atoms with Crippen LogP contribution in [0.5, 0.6) is 0 Å². The van der Waals surface area contributed by atoms with Crippen molar-refractivity contribution >= 4 is 22.6 Å². The van der Waals surface area contributed by atoms with Gasteiger partial charge in [0.15, 0.2) is 11.6 Å². The number of hydrogen-bond acceptors (Lipinski definition) is 2. The number of ether oxygens (including phenoxy) is 1. The van der Waals surface area contributed by atoms with Crippen LogP contribution in [0.2, 0.25) is 0 Å². The Morgan fingerprint density at radius 1 is 1.32 bits per heavy atom. The molecule has 2 rings (SSSR count). The normalized spacial score (nSPS) is 11.4. The van der Waals surface area contributed by atoms with E-state index in [-0.39, 0.29) is 11.4 Å². The standard InChI is InChI=1S/C13H15ClF2N2O/c1-19-7-3-2-6-18-11(8-14)17-10-5-4-9(15)12(16)13(10)18/h4-5H,2-3,6-8H2,1H3. The van der Waals surface area contributed by atoms with Crippen molar-refractivity contribution in [1.82, 2.24) is 9.55 Å². The molecule has 1 aromatic carbocycles. The van der Waals surface area contributed by atoms with Gasteiger partial charge in [0.05, 0.1) is 11.4 Å². The van der Waals surface area contributed by atoms with Crippen LogP contribution in [-0.4, -0.2) is 23.3 Å². The van der Waals surface area contributed by atoms with Crippen LogP contribution in [0.15, 0.2) is 12.1 Å². The highest BCUT2D eigenvalue weighted by atomic mass is 35.5. The molecule has 0 unspecified atom stereocenters. The third-order valence-corrected chi connectivity index (χ3v) is 3.22. The van der Waals surface area contributed by atoms with E-state index in [1.165, 1.54) is 6.07 Å². The van der Waals surface area contributed by atoms with Crippen molar-refractivity contribution < 1.29 is 13.5 Å². The summed E-state index contributed by atoms with van der Waals surface area (Å²) >= 11 is 5.81. The number of imidazole rings is 1. The molecule has 6 heteroatoms. The van der Waals surface area contributed by atoms with Gasteiger partial charge >= 0.3 is 0 Å². The van der Waals surface area contributed by atoms with E-state index in [1.54, 1.807) is 11.7 Å². The lowest BCUT2D eigenvalue weighted by atomic mass is 10.2. The van der Waals surface area contributed by atoms with Gasteiger partial charge in [0.1, 0.15) is 11.3 Å². The number of alkyl halides is 1. The van der Waals surface area contributed by atoms with E-state index in [0.29, 0.717) is 24.5 Å². The Morgan fingerprint density at radius 3 is 2.79 bits per heavy atom. The first kappa shape index (κ1) is 14.2. The summed E-state index contributed by atoms with van der Waals surface area (Å²) in [6.07, 6.45) is 1.63. The first-order valence-electron chi connectivity index (χ1n) is 6.07. The van der Waals surface area contributed by atoms with Gasteiger partial charge in [0.25, 0.3) is 0 Å². The highest BCUT2D eigenvalue weighted by Gasteiger charge is 2.16. The Balaban J connectivity index is 2.36. The number of aromatic nitrogens is 2. The second-order valence-corrected chi connectivity index (χ2v) is 4.51. The molecule has 0 saturated carbocycles.